The van der Waals surface area contributed by atoms with E-state index < -0.39 is 48.4 Å². The molecule has 4 rings (SSSR count). The molecule has 0 fully saturated rings. The number of aliphatic hydroxyl groups excluding tert-OH is 1. The number of aryl methyl sites for hydroxylation is 1. The average molecular weight is 537 g/mol. The molecule has 12 nitrogen and oxygen atoms in total. The molecule has 0 aliphatic heterocycles. The van der Waals surface area contributed by atoms with Crippen LogP contribution in [-0.2, 0) is 20.9 Å². The molecule has 12 heteroatoms. The maximum Gasteiger partial charge on any atom is 0.407 e. The third-order valence-corrected chi connectivity index (χ3v) is 6.61. The minimum atomic E-state index is -1.61. The van der Waals surface area contributed by atoms with Gasteiger partial charge in [-0.05, 0) is 29.2 Å². The van der Waals surface area contributed by atoms with Crippen LogP contribution in [-0.4, -0.2) is 75.0 Å². The van der Waals surface area contributed by atoms with Gasteiger partial charge in [-0.3, -0.25) is 19.1 Å². The highest BCUT2D eigenvalue weighted by molar-refractivity contribution is 5.84. The zero-order valence-corrected chi connectivity index (χ0v) is 21.1. The second-order valence-corrected chi connectivity index (χ2v) is 9.08. The van der Waals surface area contributed by atoms with Gasteiger partial charge in [-0.15, -0.1) is 0 Å². The van der Waals surface area contributed by atoms with E-state index in [4.69, 9.17) is 4.74 Å². The molecule has 39 heavy (non-hydrogen) atoms. The Balaban J connectivity index is 1.38. The van der Waals surface area contributed by atoms with Gasteiger partial charge in [-0.1, -0.05) is 48.5 Å². The standard InChI is InChI=1S/C27H28N4O8/c1-16-12-30(26(37)29-24(16)34)13-23(33)31(22(14-32)25(35)36)11-10-28-27(38)39-15-21-19-8-4-2-6-17(19)18-7-3-5-9-20(18)21/h2-9,12,21-22,32H,10-11,13-15H2,1H3,(H,28,38)(H,35,36)(H,29,34,37)/t22-/m0/s1. The monoisotopic (exact) mass is 536 g/mol. The minimum Gasteiger partial charge on any atom is -0.480 e. The van der Waals surface area contributed by atoms with Crippen molar-refractivity contribution in [2.24, 2.45) is 0 Å². The first kappa shape index (κ1) is 27.3. The normalized spacial score (nSPS) is 12.8. The highest BCUT2D eigenvalue weighted by Crippen LogP contribution is 2.44. The van der Waals surface area contributed by atoms with Crippen LogP contribution >= 0.6 is 0 Å². The second-order valence-electron chi connectivity index (χ2n) is 9.08. The maximum absolute atomic E-state index is 12.9. The van der Waals surface area contributed by atoms with Crippen molar-refractivity contribution in [2.75, 3.05) is 26.3 Å². The number of carboxylic acid groups (broad SMARTS) is 1. The molecule has 0 saturated carbocycles. The predicted molar refractivity (Wildman–Crippen MR) is 139 cm³/mol. The van der Waals surface area contributed by atoms with E-state index in [1.54, 1.807) is 0 Å². The van der Waals surface area contributed by atoms with E-state index in [1.807, 2.05) is 48.5 Å². The number of amides is 2. The number of ether oxygens (including phenoxy) is 1. The quantitative estimate of drug-likeness (QED) is 0.293. The number of nitrogens with zero attached hydrogens (tertiary/aromatic N) is 2. The van der Waals surface area contributed by atoms with E-state index in [0.717, 1.165) is 31.7 Å². The van der Waals surface area contributed by atoms with Gasteiger partial charge in [0.05, 0.1) is 6.61 Å². The van der Waals surface area contributed by atoms with Gasteiger partial charge in [0.25, 0.3) is 5.56 Å². The number of fused-ring (bicyclic) bond motifs is 3. The van der Waals surface area contributed by atoms with E-state index >= 15 is 0 Å². The van der Waals surface area contributed by atoms with Crippen LogP contribution in [0.15, 0.2) is 64.3 Å². The number of nitrogens with one attached hydrogen (secondary N) is 2. The van der Waals surface area contributed by atoms with Gasteiger partial charge in [0.1, 0.15) is 13.2 Å². The number of aliphatic carboxylic acids is 1. The molecular formula is C27H28N4O8. The Morgan fingerprint density at radius 2 is 1.69 bits per heavy atom. The van der Waals surface area contributed by atoms with Crippen LogP contribution in [0.3, 0.4) is 0 Å². The molecule has 204 valence electrons. The van der Waals surface area contributed by atoms with Crippen LogP contribution in [0.5, 0.6) is 0 Å². The molecule has 1 atom stereocenters. The summed E-state index contributed by atoms with van der Waals surface area (Å²) in [7, 11) is 0. The number of alkyl carbamates (subject to hydrolysis) is 1. The number of carbonyl (C=O) groups is 3. The molecule has 4 N–H and O–H groups in total. The van der Waals surface area contributed by atoms with Crippen LogP contribution in [0.25, 0.3) is 11.1 Å². The SMILES string of the molecule is Cc1cn(CC(=O)N(CCNC(=O)OCC2c3ccccc3-c3ccccc32)[C@@H](CO)C(=O)O)c(=O)[nH]c1=O. The first-order valence-electron chi connectivity index (χ1n) is 12.2. The smallest absolute Gasteiger partial charge is 0.407 e. The van der Waals surface area contributed by atoms with Gasteiger partial charge in [-0.25, -0.2) is 14.4 Å². The molecule has 3 aromatic rings. The average Bonchev–Trinajstić information content (AvgIpc) is 3.23. The van der Waals surface area contributed by atoms with Crippen molar-refractivity contribution in [3.63, 3.8) is 0 Å². The molecule has 0 radical (unpaired) electrons. The van der Waals surface area contributed by atoms with Crippen molar-refractivity contribution >= 4 is 18.0 Å². The largest absolute Gasteiger partial charge is 0.480 e. The van der Waals surface area contributed by atoms with Crippen LogP contribution in [0.2, 0.25) is 0 Å². The Morgan fingerprint density at radius 1 is 1.08 bits per heavy atom. The number of carbonyl (C=O) groups excluding carboxylic acids is 2. The molecule has 0 unspecified atom stereocenters. The van der Waals surface area contributed by atoms with E-state index in [2.05, 4.69) is 10.3 Å². The van der Waals surface area contributed by atoms with E-state index in [-0.39, 0.29) is 31.2 Å². The summed E-state index contributed by atoms with van der Waals surface area (Å²) >= 11 is 0. The molecule has 2 aromatic carbocycles. The Morgan fingerprint density at radius 3 is 2.28 bits per heavy atom. The van der Waals surface area contributed by atoms with Gasteiger partial charge in [-0.2, -0.15) is 0 Å². The van der Waals surface area contributed by atoms with Crippen LogP contribution in [0, 0.1) is 6.92 Å². The van der Waals surface area contributed by atoms with Crippen molar-refractivity contribution in [1.29, 1.82) is 0 Å². The number of benzene rings is 2. The lowest BCUT2D eigenvalue weighted by molar-refractivity contribution is -0.152. The summed E-state index contributed by atoms with van der Waals surface area (Å²) < 4.78 is 6.39. The van der Waals surface area contributed by atoms with Crippen molar-refractivity contribution < 1.29 is 29.3 Å². The minimum absolute atomic E-state index is 0.0748. The molecule has 1 aliphatic carbocycles. The number of aromatic nitrogens is 2. The summed E-state index contributed by atoms with van der Waals surface area (Å²) in [6, 6.07) is 14.1. The van der Waals surface area contributed by atoms with E-state index in [0.29, 0.717) is 0 Å². The topological polar surface area (TPSA) is 171 Å². The van der Waals surface area contributed by atoms with Crippen LogP contribution in [0.4, 0.5) is 4.79 Å². The number of hydrogen-bond donors (Lipinski definition) is 4. The van der Waals surface area contributed by atoms with Crippen LogP contribution in [0.1, 0.15) is 22.6 Å². The van der Waals surface area contributed by atoms with E-state index in [9.17, 15) is 34.2 Å². The lowest BCUT2D eigenvalue weighted by Gasteiger charge is -2.28. The van der Waals surface area contributed by atoms with Crippen molar-refractivity contribution in [3.8, 4) is 11.1 Å². The molecular weight excluding hydrogens is 508 g/mol. The zero-order valence-electron chi connectivity index (χ0n) is 21.1. The third-order valence-electron chi connectivity index (χ3n) is 6.61. The number of carboxylic acids is 1. The number of rotatable bonds is 10. The molecule has 1 aliphatic rings. The zero-order chi connectivity index (χ0) is 28.1. The first-order valence-corrected chi connectivity index (χ1v) is 12.2. The lowest BCUT2D eigenvalue weighted by atomic mass is 9.98. The molecule has 0 spiro atoms. The summed E-state index contributed by atoms with van der Waals surface area (Å²) in [5.74, 6) is -2.41. The van der Waals surface area contributed by atoms with Gasteiger partial charge in [0.15, 0.2) is 6.04 Å². The summed E-state index contributed by atoms with van der Waals surface area (Å²) in [5.41, 5.74) is 2.99. The van der Waals surface area contributed by atoms with Gasteiger partial charge in [0.2, 0.25) is 5.91 Å². The number of aromatic amines is 1. The fourth-order valence-electron chi connectivity index (χ4n) is 4.66. The summed E-state index contributed by atoms with van der Waals surface area (Å²) in [6.07, 6.45) is 0.425. The Bertz CT molecular complexity index is 1470. The number of hydrogen-bond acceptors (Lipinski definition) is 7. The molecule has 1 heterocycles. The molecule has 0 bridgehead atoms. The second kappa shape index (κ2) is 11.8. The summed E-state index contributed by atoms with van der Waals surface area (Å²) in [4.78, 5) is 63.6. The Labute approximate surface area is 222 Å². The molecule has 1 aromatic heterocycles. The van der Waals surface area contributed by atoms with Crippen molar-refractivity contribution in [3.05, 3.63) is 92.3 Å². The van der Waals surface area contributed by atoms with Gasteiger partial charge >= 0.3 is 17.8 Å². The first-order chi connectivity index (χ1) is 18.7. The highest BCUT2D eigenvalue weighted by Gasteiger charge is 2.31. The summed E-state index contributed by atoms with van der Waals surface area (Å²) in [6.45, 7) is -0.394. The fraction of sp³-hybridized carbons (Fsp3) is 0.296. The van der Waals surface area contributed by atoms with Crippen LogP contribution < -0.4 is 16.6 Å². The molecule has 0 saturated heterocycles. The van der Waals surface area contributed by atoms with Gasteiger partial charge < -0.3 is 25.2 Å². The number of aliphatic hydroxyl groups is 1. The lowest BCUT2D eigenvalue weighted by Crippen LogP contribution is -2.51. The Kier molecular flexibility index (Phi) is 8.25. The van der Waals surface area contributed by atoms with Gasteiger partial charge in [0, 0.05) is 30.8 Å². The number of H-pyrrole nitrogens is 1. The van der Waals surface area contributed by atoms with Crippen molar-refractivity contribution in [2.45, 2.75) is 25.4 Å². The van der Waals surface area contributed by atoms with Crippen molar-refractivity contribution in [1.82, 2.24) is 19.8 Å². The highest BCUT2D eigenvalue weighted by atomic mass is 16.5. The maximum atomic E-state index is 12.9. The molecule has 2 amide bonds. The van der Waals surface area contributed by atoms with E-state index in [1.165, 1.54) is 13.1 Å². The predicted octanol–water partition coefficient (Wildman–Crippen LogP) is 0.658. The third kappa shape index (κ3) is 5.91. The summed E-state index contributed by atoms with van der Waals surface area (Å²) in [5, 5.41) is 21.6. The fourth-order valence-corrected chi connectivity index (χ4v) is 4.66. The Hall–Kier alpha value is -4.71.